The Balaban J connectivity index is 1.57. The zero-order valence-electron chi connectivity index (χ0n) is 15.5. The Bertz CT molecular complexity index is 1010. The van der Waals surface area contributed by atoms with Crippen LogP contribution >= 0.6 is 15.9 Å². The number of rotatable bonds is 5. The van der Waals surface area contributed by atoms with Crippen LogP contribution in [0.25, 0.3) is 6.08 Å². The molecule has 0 fully saturated rings. The van der Waals surface area contributed by atoms with Crippen molar-refractivity contribution in [2.45, 2.75) is 13.5 Å². The molecule has 2 aromatic carbocycles. The van der Waals surface area contributed by atoms with E-state index in [1.807, 2.05) is 12.1 Å². The van der Waals surface area contributed by atoms with Gasteiger partial charge < -0.3 is 23.7 Å². The summed E-state index contributed by atoms with van der Waals surface area (Å²) in [5.41, 5.74) is 2.02. The number of fused-ring (bicyclic) bond motifs is 2. The molecule has 7 nitrogen and oxygen atoms in total. The van der Waals surface area contributed by atoms with E-state index in [1.165, 1.54) is 0 Å². The van der Waals surface area contributed by atoms with Crippen LogP contribution in [0.4, 0.5) is 0 Å². The SMILES string of the molecule is CCOC(=O)COc1ccc2c(c1)O/C(=C\c1cc(Br)cc3c1OCOC3)C2=O. The highest BCUT2D eigenvalue weighted by atomic mass is 79.9. The molecule has 2 aliphatic heterocycles. The number of hydrogen-bond donors (Lipinski definition) is 0. The molecule has 4 rings (SSSR count). The molecule has 150 valence electrons. The molecule has 0 radical (unpaired) electrons. The number of ketones is 1. The Labute approximate surface area is 175 Å². The van der Waals surface area contributed by atoms with Crippen LogP contribution in [0, 0.1) is 0 Å². The molecule has 0 aromatic heterocycles. The minimum atomic E-state index is -0.464. The van der Waals surface area contributed by atoms with Crippen LogP contribution in [-0.4, -0.2) is 31.8 Å². The first kappa shape index (κ1) is 19.5. The van der Waals surface area contributed by atoms with Crippen molar-refractivity contribution in [3.63, 3.8) is 0 Å². The third kappa shape index (κ3) is 4.13. The fourth-order valence-corrected chi connectivity index (χ4v) is 3.58. The highest BCUT2D eigenvalue weighted by molar-refractivity contribution is 9.10. The summed E-state index contributed by atoms with van der Waals surface area (Å²) >= 11 is 3.46. The van der Waals surface area contributed by atoms with Crippen LogP contribution in [0.15, 0.2) is 40.6 Å². The molecule has 0 atom stereocenters. The van der Waals surface area contributed by atoms with Crippen LogP contribution in [0.2, 0.25) is 0 Å². The van der Waals surface area contributed by atoms with Gasteiger partial charge in [0.1, 0.15) is 17.2 Å². The van der Waals surface area contributed by atoms with E-state index in [-0.39, 0.29) is 31.5 Å². The molecule has 0 amide bonds. The maximum Gasteiger partial charge on any atom is 0.344 e. The van der Waals surface area contributed by atoms with E-state index in [4.69, 9.17) is 23.7 Å². The summed E-state index contributed by atoms with van der Waals surface area (Å²) in [5, 5.41) is 0. The fraction of sp³-hybridized carbons (Fsp3) is 0.238. The molecule has 0 unspecified atom stereocenters. The van der Waals surface area contributed by atoms with E-state index < -0.39 is 5.97 Å². The van der Waals surface area contributed by atoms with Crippen molar-refractivity contribution in [2.24, 2.45) is 0 Å². The third-order valence-corrected chi connectivity index (χ3v) is 4.75. The highest BCUT2D eigenvalue weighted by Crippen LogP contribution is 2.38. The van der Waals surface area contributed by atoms with Gasteiger partial charge in [-0.1, -0.05) is 15.9 Å². The number of hydrogen-bond acceptors (Lipinski definition) is 7. The highest BCUT2D eigenvalue weighted by Gasteiger charge is 2.29. The molecule has 0 N–H and O–H groups in total. The normalized spacial score (nSPS) is 15.9. The topological polar surface area (TPSA) is 80.3 Å². The molecule has 0 saturated carbocycles. The van der Waals surface area contributed by atoms with E-state index >= 15 is 0 Å². The van der Waals surface area contributed by atoms with Gasteiger partial charge in [-0.2, -0.15) is 0 Å². The molecule has 0 bridgehead atoms. The summed E-state index contributed by atoms with van der Waals surface area (Å²) in [6, 6.07) is 8.57. The Morgan fingerprint density at radius 2 is 2.14 bits per heavy atom. The standard InChI is InChI=1S/C21H17BrO7/c1-2-26-19(23)10-27-15-3-4-16-17(8-15)29-18(20(16)24)7-12-5-14(22)6-13-9-25-11-28-21(12)13/h3-8H,2,9-11H2,1H3/b18-7-. The number of carbonyl (C=O) groups excluding carboxylic acids is 2. The second kappa shape index (κ2) is 8.26. The van der Waals surface area contributed by atoms with Crippen LogP contribution in [0.1, 0.15) is 28.4 Å². The molecule has 0 spiro atoms. The first-order valence-electron chi connectivity index (χ1n) is 8.95. The summed E-state index contributed by atoms with van der Waals surface area (Å²) in [4.78, 5) is 24.2. The van der Waals surface area contributed by atoms with Gasteiger partial charge in [-0.15, -0.1) is 0 Å². The van der Waals surface area contributed by atoms with Gasteiger partial charge in [-0.05, 0) is 37.3 Å². The van der Waals surface area contributed by atoms with Gasteiger partial charge in [0, 0.05) is 21.7 Å². The summed E-state index contributed by atoms with van der Waals surface area (Å²) in [6.07, 6.45) is 1.65. The van der Waals surface area contributed by atoms with E-state index in [1.54, 1.807) is 31.2 Å². The van der Waals surface area contributed by atoms with Gasteiger partial charge in [0.25, 0.3) is 0 Å². The first-order valence-corrected chi connectivity index (χ1v) is 9.74. The minimum absolute atomic E-state index is 0.154. The number of ether oxygens (including phenoxy) is 5. The van der Waals surface area contributed by atoms with Crippen molar-refractivity contribution in [3.8, 4) is 17.2 Å². The zero-order valence-corrected chi connectivity index (χ0v) is 17.1. The number of benzene rings is 2. The smallest absolute Gasteiger partial charge is 0.344 e. The molecule has 0 aliphatic carbocycles. The van der Waals surface area contributed by atoms with Crippen molar-refractivity contribution >= 4 is 33.8 Å². The van der Waals surface area contributed by atoms with Crippen LogP contribution in [0.3, 0.4) is 0 Å². The van der Waals surface area contributed by atoms with Gasteiger partial charge in [0.2, 0.25) is 5.78 Å². The van der Waals surface area contributed by atoms with Gasteiger partial charge in [0.05, 0.1) is 18.8 Å². The van der Waals surface area contributed by atoms with Crippen molar-refractivity contribution in [2.75, 3.05) is 20.0 Å². The molecule has 2 aliphatic rings. The lowest BCUT2D eigenvalue weighted by Crippen LogP contribution is -2.14. The lowest BCUT2D eigenvalue weighted by Gasteiger charge is -2.20. The molecular weight excluding hydrogens is 444 g/mol. The van der Waals surface area contributed by atoms with Crippen LogP contribution < -0.4 is 14.2 Å². The third-order valence-electron chi connectivity index (χ3n) is 4.29. The van der Waals surface area contributed by atoms with Crippen LogP contribution in [-0.2, 0) is 20.9 Å². The van der Waals surface area contributed by atoms with Crippen molar-refractivity contribution in [1.82, 2.24) is 0 Å². The number of allylic oxidation sites excluding steroid dienone is 1. The summed E-state index contributed by atoms with van der Waals surface area (Å²) in [6.45, 7) is 2.38. The zero-order chi connectivity index (χ0) is 20.4. The van der Waals surface area contributed by atoms with Gasteiger partial charge in [-0.3, -0.25) is 4.79 Å². The van der Waals surface area contributed by atoms with Crippen molar-refractivity contribution < 1.29 is 33.3 Å². The van der Waals surface area contributed by atoms with E-state index in [0.29, 0.717) is 35.0 Å². The molecule has 29 heavy (non-hydrogen) atoms. The predicted molar refractivity (Wildman–Crippen MR) is 106 cm³/mol. The summed E-state index contributed by atoms with van der Waals surface area (Å²) in [7, 11) is 0. The van der Waals surface area contributed by atoms with E-state index in [0.717, 1.165) is 10.0 Å². The average molecular weight is 461 g/mol. The van der Waals surface area contributed by atoms with Crippen molar-refractivity contribution in [1.29, 1.82) is 0 Å². The van der Waals surface area contributed by atoms with Gasteiger partial charge in [0.15, 0.2) is 19.2 Å². The second-order valence-electron chi connectivity index (χ2n) is 6.29. The van der Waals surface area contributed by atoms with E-state index in [2.05, 4.69) is 15.9 Å². The van der Waals surface area contributed by atoms with E-state index in [9.17, 15) is 9.59 Å². The molecule has 8 heteroatoms. The first-order chi connectivity index (χ1) is 14.0. The lowest BCUT2D eigenvalue weighted by atomic mass is 10.1. The average Bonchev–Trinajstić information content (AvgIpc) is 3.01. The molecular formula is C21H17BrO7. The summed E-state index contributed by atoms with van der Waals surface area (Å²) < 4.78 is 27.7. The monoisotopic (exact) mass is 460 g/mol. The van der Waals surface area contributed by atoms with Gasteiger partial charge in [-0.25, -0.2) is 4.79 Å². The van der Waals surface area contributed by atoms with Crippen LogP contribution in [0.5, 0.6) is 17.2 Å². The fourth-order valence-electron chi connectivity index (χ4n) is 3.06. The number of esters is 1. The predicted octanol–water partition coefficient (Wildman–Crippen LogP) is 3.87. The second-order valence-corrected chi connectivity index (χ2v) is 7.20. The Morgan fingerprint density at radius 3 is 2.97 bits per heavy atom. The molecule has 2 heterocycles. The maximum absolute atomic E-state index is 12.7. The number of carbonyl (C=O) groups is 2. The Morgan fingerprint density at radius 1 is 1.28 bits per heavy atom. The quantitative estimate of drug-likeness (QED) is 0.494. The molecule has 0 saturated heterocycles. The Hall–Kier alpha value is -2.84. The van der Waals surface area contributed by atoms with Crippen molar-refractivity contribution in [3.05, 3.63) is 57.3 Å². The minimum Gasteiger partial charge on any atom is -0.482 e. The molecule has 2 aromatic rings. The summed E-state index contributed by atoms with van der Waals surface area (Å²) in [5.74, 6) is 0.921. The number of Topliss-reactive ketones (excluding diaryl/α,β-unsaturated/α-hetero) is 1. The van der Waals surface area contributed by atoms with Gasteiger partial charge >= 0.3 is 5.97 Å². The maximum atomic E-state index is 12.7. The Kier molecular flexibility index (Phi) is 5.55. The lowest BCUT2D eigenvalue weighted by molar-refractivity contribution is -0.145. The number of halogens is 1. The largest absolute Gasteiger partial charge is 0.482 e.